The number of hydrogen-bond acceptors (Lipinski definition) is 6. The molecule has 10 heteroatoms. The first-order valence-electron chi connectivity index (χ1n) is 6.60. The van der Waals surface area contributed by atoms with Crippen LogP contribution in [0.25, 0.3) is 0 Å². The second-order valence-corrected chi connectivity index (χ2v) is 5.43. The number of nitrogens with one attached hydrogen (secondary N) is 3. The van der Waals surface area contributed by atoms with Crippen LogP contribution in [0.1, 0.15) is 13.3 Å². The number of rotatable bonds is 10. The zero-order chi connectivity index (χ0) is 17.1. The van der Waals surface area contributed by atoms with Crippen molar-refractivity contribution in [3.8, 4) is 0 Å². The van der Waals surface area contributed by atoms with Crippen molar-refractivity contribution < 1.29 is 24.3 Å². The lowest BCUT2D eigenvalue weighted by Crippen LogP contribution is -2.54. The number of amides is 3. The maximum Gasteiger partial charge on any atom is 0.322 e. The second-order valence-electron chi connectivity index (χ2n) is 4.45. The third-order valence-corrected chi connectivity index (χ3v) is 3.26. The summed E-state index contributed by atoms with van der Waals surface area (Å²) in [4.78, 5) is 45.4. The SMILES string of the molecule is CSCCC(NC(=O)CN)C(=O)NC(C)C(=O)NCC(=O)O. The zero-order valence-corrected chi connectivity index (χ0v) is 13.4. The summed E-state index contributed by atoms with van der Waals surface area (Å²) in [6.07, 6.45) is 2.25. The lowest BCUT2D eigenvalue weighted by atomic mass is 10.2. The molecule has 0 rings (SSSR count). The van der Waals surface area contributed by atoms with Crippen LogP contribution < -0.4 is 21.7 Å². The summed E-state index contributed by atoms with van der Waals surface area (Å²) in [7, 11) is 0. The third-order valence-electron chi connectivity index (χ3n) is 2.61. The number of hydrogen-bond donors (Lipinski definition) is 5. The molecule has 0 fully saturated rings. The van der Waals surface area contributed by atoms with Crippen LogP contribution in [0.5, 0.6) is 0 Å². The first kappa shape index (κ1) is 20.2. The average molecular weight is 334 g/mol. The highest BCUT2D eigenvalue weighted by Gasteiger charge is 2.23. The Morgan fingerprint density at radius 2 is 1.82 bits per heavy atom. The van der Waals surface area contributed by atoms with E-state index in [9.17, 15) is 19.2 Å². The highest BCUT2D eigenvalue weighted by Crippen LogP contribution is 2.01. The lowest BCUT2D eigenvalue weighted by Gasteiger charge is -2.20. The fourth-order valence-corrected chi connectivity index (χ4v) is 1.92. The summed E-state index contributed by atoms with van der Waals surface area (Å²) in [6, 6.07) is -1.71. The van der Waals surface area contributed by atoms with Crippen molar-refractivity contribution in [3.63, 3.8) is 0 Å². The van der Waals surface area contributed by atoms with Gasteiger partial charge >= 0.3 is 5.97 Å². The van der Waals surface area contributed by atoms with Gasteiger partial charge in [-0.05, 0) is 25.4 Å². The summed E-state index contributed by atoms with van der Waals surface area (Å²) in [5.41, 5.74) is 5.20. The Balaban J connectivity index is 4.54. The number of aliphatic carboxylic acids is 1. The van der Waals surface area contributed by atoms with Crippen molar-refractivity contribution in [1.82, 2.24) is 16.0 Å². The van der Waals surface area contributed by atoms with Crippen LogP contribution in [0.2, 0.25) is 0 Å². The van der Waals surface area contributed by atoms with Crippen LogP contribution in [0.4, 0.5) is 0 Å². The van der Waals surface area contributed by atoms with Gasteiger partial charge in [0.05, 0.1) is 6.54 Å². The molecule has 0 heterocycles. The van der Waals surface area contributed by atoms with Gasteiger partial charge in [-0.25, -0.2) is 0 Å². The summed E-state index contributed by atoms with van der Waals surface area (Å²) in [5, 5.41) is 15.5. The molecule has 0 spiro atoms. The number of nitrogens with two attached hydrogens (primary N) is 1. The lowest BCUT2D eigenvalue weighted by molar-refractivity contribution is -0.138. The van der Waals surface area contributed by atoms with Gasteiger partial charge in [0, 0.05) is 0 Å². The number of carbonyl (C=O) groups excluding carboxylic acids is 3. The first-order valence-corrected chi connectivity index (χ1v) is 7.99. The predicted octanol–water partition coefficient (Wildman–Crippen LogP) is -2.11. The van der Waals surface area contributed by atoms with Crippen molar-refractivity contribution in [1.29, 1.82) is 0 Å². The predicted molar refractivity (Wildman–Crippen MR) is 82.2 cm³/mol. The Morgan fingerprint density at radius 3 is 2.32 bits per heavy atom. The van der Waals surface area contributed by atoms with Gasteiger partial charge < -0.3 is 26.8 Å². The summed E-state index contributed by atoms with van der Waals surface area (Å²) >= 11 is 1.51. The van der Waals surface area contributed by atoms with E-state index in [-0.39, 0.29) is 6.54 Å². The molecule has 0 bridgehead atoms. The molecule has 0 aliphatic carbocycles. The highest BCUT2D eigenvalue weighted by atomic mass is 32.2. The monoisotopic (exact) mass is 334 g/mol. The molecule has 0 radical (unpaired) electrons. The van der Waals surface area contributed by atoms with Crippen LogP contribution in [0.3, 0.4) is 0 Å². The molecule has 0 aromatic heterocycles. The second kappa shape index (κ2) is 10.9. The summed E-state index contributed by atoms with van der Waals surface area (Å²) in [5.74, 6) is -2.15. The molecule has 9 nitrogen and oxygen atoms in total. The van der Waals surface area contributed by atoms with E-state index < -0.39 is 42.3 Å². The van der Waals surface area contributed by atoms with Gasteiger partial charge in [0.15, 0.2) is 0 Å². The molecule has 0 saturated heterocycles. The van der Waals surface area contributed by atoms with E-state index in [4.69, 9.17) is 10.8 Å². The van der Waals surface area contributed by atoms with Gasteiger partial charge in [-0.15, -0.1) is 0 Å². The Morgan fingerprint density at radius 1 is 1.18 bits per heavy atom. The standard InChI is InChI=1S/C12H22N4O5S/c1-7(11(20)14-6-10(18)19)15-12(21)8(3-4-22-2)16-9(17)5-13/h7-8H,3-6,13H2,1-2H3,(H,14,20)(H,15,21)(H,16,17)(H,18,19). The molecule has 126 valence electrons. The largest absolute Gasteiger partial charge is 0.480 e. The van der Waals surface area contributed by atoms with E-state index in [2.05, 4.69) is 16.0 Å². The number of carbonyl (C=O) groups is 4. The highest BCUT2D eigenvalue weighted by molar-refractivity contribution is 7.98. The molecule has 3 amide bonds. The Bertz CT molecular complexity index is 418. The van der Waals surface area contributed by atoms with Crippen molar-refractivity contribution in [3.05, 3.63) is 0 Å². The van der Waals surface area contributed by atoms with Gasteiger partial charge in [0.1, 0.15) is 18.6 Å². The Hall–Kier alpha value is -1.81. The van der Waals surface area contributed by atoms with Crippen molar-refractivity contribution in [2.75, 3.05) is 25.1 Å². The number of carboxylic acids is 1. The molecular weight excluding hydrogens is 312 g/mol. The molecule has 0 aliphatic rings. The maximum atomic E-state index is 12.1. The van der Waals surface area contributed by atoms with E-state index >= 15 is 0 Å². The molecule has 0 aromatic rings. The van der Waals surface area contributed by atoms with Crippen LogP contribution in [-0.4, -0.2) is 66.0 Å². The van der Waals surface area contributed by atoms with Crippen LogP contribution in [0.15, 0.2) is 0 Å². The zero-order valence-electron chi connectivity index (χ0n) is 12.5. The first-order chi connectivity index (χ1) is 10.3. The Labute approximate surface area is 132 Å². The Kier molecular flexibility index (Phi) is 9.96. The van der Waals surface area contributed by atoms with Crippen molar-refractivity contribution in [2.24, 2.45) is 5.73 Å². The van der Waals surface area contributed by atoms with Gasteiger partial charge in [0.25, 0.3) is 0 Å². The van der Waals surface area contributed by atoms with Gasteiger partial charge in [-0.1, -0.05) is 0 Å². The molecule has 22 heavy (non-hydrogen) atoms. The molecule has 2 atom stereocenters. The minimum Gasteiger partial charge on any atom is -0.480 e. The van der Waals surface area contributed by atoms with Crippen LogP contribution >= 0.6 is 11.8 Å². The van der Waals surface area contributed by atoms with Crippen LogP contribution in [0, 0.1) is 0 Å². The van der Waals surface area contributed by atoms with Crippen molar-refractivity contribution >= 4 is 35.5 Å². The van der Waals surface area contributed by atoms with E-state index in [1.54, 1.807) is 0 Å². The average Bonchev–Trinajstić information content (AvgIpc) is 2.48. The molecular formula is C12H22N4O5S. The third kappa shape index (κ3) is 8.47. The fourth-order valence-electron chi connectivity index (χ4n) is 1.45. The smallest absolute Gasteiger partial charge is 0.322 e. The minimum absolute atomic E-state index is 0.238. The van der Waals surface area contributed by atoms with Gasteiger partial charge in [-0.3, -0.25) is 19.2 Å². The van der Waals surface area contributed by atoms with Crippen molar-refractivity contribution in [2.45, 2.75) is 25.4 Å². The number of thioether (sulfide) groups is 1. The maximum absolute atomic E-state index is 12.1. The van der Waals surface area contributed by atoms with E-state index in [1.165, 1.54) is 18.7 Å². The van der Waals surface area contributed by atoms with E-state index in [1.807, 2.05) is 6.26 Å². The van der Waals surface area contributed by atoms with E-state index in [0.29, 0.717) is 12.2 Å². The molecule has 0 aliphatic heterocycles. The minimum atomic E-state index is -1.18. The summed E-state index contributed by atoms with van der Waals surface area (Å²) < 4.78 is 0. The quantitative estimate of drug-likeness (QED) is 0.307. The molecule has 0 saturated carbocycles. The normalized spacial score (nSPS) is 12.9. The molecule has 2 unspecified atom stereocenters. The van der Waals surface area contributed by atoms with Gasteiger partial charge in [-0.2, -0.15) is 11.8 Å². The topological polar surface area (TPSA) is 151 Å². The fraction of sp³-hybridized carbons (Fsp3) is 0.667. The number of carboxylic acid groups (broad SMARTS) is 1. The van der Waals surface area contributed by atoms with Crippen LogP contribution in [-0.2, 0) is 19.2 Å². The molecule has 0 aromatic carbocycles. The van der Waals surface area contributed by atoms with Gasteiger partial charge in [0.2, 0.25) is 17.7 Å². The summed E-state index contributed by atoms with van der Waals surface area (Å²) in [6.45, 7) is 0.655. The van der Waals surface area contributed by atoms with E-state index in [0.717, 1.165) is 0 Å². The molecule has 6 N–H and O–H groups in total.